The number of amides is 1. The molecule has 1 aromatic heterocycles. The highest BCUT2D eigenvalue weighted by Gasteiger charge is 2.33. The van der Waals surface area contributed by atoms with Gasteiger partial charge in [-0.05, 0) is 24.6 Å². The maximum Gasteiger partial charge on any atom is 0.251 e. The molecule has 0 aromatic carbocycles. The van der Waals surface area contributed by atoms with E-state index in [1.165, 1.54) is 0 Å². The van der Waals surface area contributed by atoms with Crippen LogP contribution >= 0.6 is 11.8 Å². The topological polar surface area (TPSA) is 62.3 Å². The van der Waals surface area contributed by atoms with E-state index in [4.69, 9.17) is 0 Å². The molecule has 3 rings (SSSR count). The van der Waals surface area contributed by atoms with Crippen molar-refractivity contribution in [3.8, 4) is 0 Å². The maximum atomic E-state index is 12.0. The third-order valence-electron chi connectivity index (χ3n) is 3.75. The van der Waals surface area contributed by atoms with Crippen molar-refractivity contribution >= 4 is 23.5 Å². The van der Waals surface area contributed by atoms with Gasteiger partial charge in [0.25, 0.3) is 5.91 Å². The van der Waals surface area contributed by atoms with Crippen molar-refractivity contribution in [1.82, 2.24) is 15.2 Å². The van der Waals surface area contributed by atoms with Gasteiger partial charge in [0.15, 0.2) is 5.78 Å². The number of allylic oxidation sites excluding steroid dienone is 3. The second-order valence-electron chi connectivity index (χ2n) is 5.21. The van der Waals surface area contributed by atoms with Crippen LogP contribution in [0.4, 0.5) is 0 Å². The number of rotatable bonds is 4. The molecule has 0 bridgehead atoms. The Bertz CT molecular complexity index is 655. The van der Waals surface area contributed by atoms with Gasteiger partial charge in [0.2, 0.25) is 0 Å². The summed E-state index contributed by atoms with van der Waals surface area (Å²) >= 11 is 1.60. The van der Waals surface area contributed by atoms with Gasteiger partial charge in [0.1, 0.15) is 0 Å². The molecule has 114 valence electrons. The molecular formula is C16H17N3O2S. The lowest BCUT2D eigenvalue weighted by atomic mass is 10.1. The molecule has 1 amide bonds. The Labute approximate surface area is 133 Å². The molecular weight excluding hydrogens is 298 g/mol. The number of thioether (sulfide) groups is 1. The van der Waals surface area contributed by atoms with Crippen molar-refractivity contribution in [3.05, 3.63) is 52.8 Å². The summed E-state index contributed by atoms with van der Waals surface area (Å²) in [6.45, 7) is 0.571. The summed E-state index contributed by atoms with van der Waals surface area (Å²) in [5, 5.41) is 3.10. The molecule has 2 heterocycles. The van der Waals surface area contributed by atoms with E-state index in [0.717, 1.165) is 17.0 Å². The van der Waals surface area contributed by atoms with Gasteiger partial charge in [-0.3, -0.25) is 14.6 Å². The number of nitrogens with zero attached hydrogens (tertiary/aromatic N) is 2. The predicted molar refractivity (Wildman–Crippen MR) is 86.1 cm³/mol. The summed E-state index contributed by atoms with van der Waals surface area (Å²) in [6, 6.07) is 3.38. The van der Waals surface area contributed by atoms with Crippen molar-refractivity contribution in [3.63, 3.8) is 0 Å². The predicted octanol–water partition coefficient (Wildman–Crippen LogP) is 1.95. The largest absolute Gasteiger partial charge is 0.361 e. The van der Waals surface area contributed by atoms with Crippen molar-refractivity contribution in [2.45, 2.75) is 18.2 Å². The third kappa shape index (κ3) is 2.92. The summed E-state index contributed by atoms with van der Waals surface area (Å²) in [5.41, 5.74) is 1.62. The number of Topliss-reactive ketones (excluding diaryl/α,β-unsaturated/α-hetero) is 1. The quantitative estimate of drug-likeness (QED) is 0.920. The monoisotopic (exact) mass is 315 g/mol. The number of carbonyl (C=O) groups excluding carboxylic acids is 2. The Morgan fingerprint density at radius 2 is 2.23 bits per heavy atom. The summed E-state index contributed by atoms with van der Waals surface area (Å²) in [6.07, 6.45) is 8.40. The van der Waals surface area contributed by atoms with Crippen molar-refractivity contribution in [2.75, 3.05) is 13.6 Å². The molecule has 1 aliphatic heterocycles. The van der Waals surface area contributed by atoms with Crippen LogP contribution in [0.1, 0.15) is 23.2 Å². The molecule has 0 fully saturated rings. The van der Waals surface area contributed by atoms with Gasteiger partial charge in [-0.1, -0.05) is 17.8 Å². The van der Waals surface area contributed by atoms with E-state index in [-0.39, 0.29) is 17.1 Å². The normalized spacial score (nSPS) is 20.3. The number of pyridine rings is 1. The zero-order chi connectivity index (χ0) is 15.5. The standard InChI is InChI=1S/C16H17N3O2S/c1-19-12-3-2-4-13(20)15(12)22-14(19)7-10-18-16(21)11-5-8-17-9-6-11/h2-3,5-6,8-9,14H,4,7,10H2,1H3,(H,18,21). The third-order valence-corrected chi connectivity index (χ3v) is 5.25. The number of hydrogen-bond acceptors (Lipinski definition) is 5. The van der Waals surface area contributed by atoms with Gasteiger partial charge in [-0.15, -0.1) is 0 Å². The second kappa shape index (κ2) is 6.36. The van der Waals surface area contributed by atoms with Gasteiger partial charge in [0, 0.05) is 38.0 Å². The highest BCUT2D eigenvalue weighted by molar-refractivity contribution is 8.04. The highest BCUT2D eigenvalue weighted by atomic mass is 32.2. The van der Waals surface area contributed by atoms with E-state index in [2.05, 4.69) is 15.2 Å². The van der Waals surface area contributed by atoms with Crippen molar-refractivity contribution in [2.24, 2.45) is 0 Å². The van der Waals surface area contributed by atoms with Crippen molar-refractivity contribution in [1.29, 1.82) is 0 Å². The molecule has 0 saturated carbocycles. The molecule has 1 unspecified atom stereocenters. The minimum Gasteiger partial charge on any atom is -0.361 e. The Kier molecular flexibility index (Phi) is 4.29. The first kappa shape index (κ1) is 14.8. The zero-order valence-electron chi connectivity index (χ0n) is 12.3. The molecule has 1 aromatic rings. The van der Waals surface area contributed by atoms with Crippen LogP contribution < -0.4 is 5.32 Å². The highest BCUT2D eigenvalue weighted by Crippen LogP contribution is 2.41. The average molecular weight is 315 g/mol. The van der Waals surface area contributed by atoms with Gasteiger partial charge < -0.3 is 10.2 Å². The fourth-order valence-corrected chi connectivity index (χ4v) is 3.86. The molecule has 0 spiro atoms. The Balaban J connectivity index is 1.52. The number of aromatic nitrogens is 1. The van der Waals surface area contributed by atoms with Crippen molar-refractivity contribution < 1.29 is 9.59 Å². The molecule has 22 heavy (non-hydrogen) atoms. The molecule has 2 aliphatic rings. The first-order chi connectivity index (χ1) is 10.7. The van der Waals surface area contributed by atoms with Crippen LogP contribution in [-0.4, -0.2) is 40.5 Å². The fraction of sp³-hybridized carbons (Fsp3) is 0.312. The minimum atomic E-state index is -0.0956. The van der Waals surface area contributed by atoms with Crippen LogP contribution in [-0.2, 0) is 4.79 Å². The molecule has 1 aliphatic carbocycles. The lowest BCUT2D eigenvalue weighted by molar-refractivity contribution is -0.114. The van der Waals surface area contributed by atoms with E-state index in [1.54, 1.807) is 36.3 Å². The Morgan fingerprint density at radius 1 is 1.45 bits per heavy atom. The van der Waals surface area contributed by atoms with Crippen LogP contribution in [0.2, 0.25) is 0 Å². The lowest BCUT2D eigenvalue weighted by Gasteiger charge is -2.23. The summed E-state index contributed by atoms with van der Waals surface area (Å²) in [5.74, 6) is 0.0967. The lowest BCUT2D eigenvalue weighted by Crippen LogP contribution is -2.30. The van der Waals surface area contributed by atoms with Gasteiger partial charge in [-0.2, -0.15) is 0 Å². The van der Waals surface area contributed by atoms with Crippen LogP contribution in [0.25, 0.3) is 0 Å². The fourth-order valence-electron chi connectivity index (χ4n) is 2.53. The molecule has 5 nitrogen and oxygen atoms in total. The zero-order valence-corrected chi connectivity index (χ0v) is 13.1. The molecule has 1 atom stereocenters. The molecule has 0 radical (unpaired) electrons. The summed E-state index contributed by atoms with van der Waals surface area (Å²) < 4.78 is 0. The van der Waals surface area contributed by atoms with E-state index in [9.17, 15) is 9.59 Å². The van der Waals surface area contributed by atoms with E-state index < -0.39 is 0 Å². The smallest absolute Gasteiger partial charge is 0.251 e. The molecule has 1 N–H and O–H groups in total. The van der Waals surface area contributed by atoms with E-state index >= 15 is 0 Å². The van der Waals surface area contributed by atoms with Gasteiger partial charge >= 0.3 is 0 Å². The average Bonchev–Trinajstić information content (AvgIpc) is 2.86. The number of nitrogens with one attached hydrogen (secondary N) is 1. The first-order valence-corrected chi connectivity index (χ1v) is 8.06. The van der Waals surface area contributed by atoms with Gasteiger partial charge in [-0.25, -0.2) is 0 Å². The van der Waals surface area contributed by atoms with Crippen LogP contribution in [0, 0.1) is 0 Å². The second-order valence-corrected chi connectivity index (χ2v) is 6.40. The number of ketones is 1. The SMILES string of the molecule is CN1C2=C(SC1CCNC(=O)c1ccncc1)C(=O)CC=C2. The number of carbonyl (C=O) groups is 2. The molecule has 0 saturated heterocycles. The van der Waals surface area contributed by atoms with E-state index in [1.807, 2.05) is 19.2 Å². The van der Waals surface area contributed by atoms with Crippen LogP contribution in [0.3, 0.4) is 0 Å². The number of hydrogen-bond donors (Lipinski definition) is 1. The number of likely N-dealkylation sites (N-methyl/N-ethyl adjacent to an activating group) is 1. The summed E-state index contributed by atoms with van der Waals surface area (Å²) in [4.78, 5) is 30.7. The first-order valence-electron chi connectivity index (χ1n) is 7.18. The van der Waals surface area contributed by atoms with Gasteiger partial charge in [0.05, 0.1) is 16.0 Å². The summed E-state index contributed by atoms with van der Waals surface area (Å²) in [7, 11) is 1.99. The molecule has 6 heteroatoms. The van der Waals surface area contributed by atoms with Crippen LogP contribution in [0.5, 0.6) is 0 Å². The Hall–Kier alpha value is -2.08. The Morgan fingerprint density at radius 3 is 2.95 bits per heavy atom. The minimum absolute atomic E-state index is 0.0956. The van der Waals surface area contributed by atoms with Crippen LogP contribution in [0.15, 0.2) is 47.3 Å². The van der Waals surface area contributed by atoms with E-state index in [0.29, 0.717) is 18.5 Å². The maximum absolute atomic E-state index is 12.0.